The number of hydrogen-bond donors (Lipinski definition) is 0. The molecule has 4 atom stereocenters. The second-order valence-electron chi connectivity index (χ2n) is 8.82. The predicted molar refractivity (Wildman–Crippen MR) is 98.0 cm³/mol. The van der Waals surface area contributed by atoms with Gasteiger partial charge in [0.25, 0.3) is 0 Å². The van der Waals surface area contributed by atoms with Crippen LogP contribution < -0.4 is 0 Å². The van der Waals surface area contributed by atoms with Crippen LogP contribution in [0, 0.1) is 22.7 Å². The van der Waals surface area contributed by atoms with Crippen molar-refractivity contribution in [3.63, 3.8) is 0 Å². The van der Waals surface area contributed by atoms with Crippen molar-refractivity contribution >= 4 is 11.9 Å². The Morgan fingerprint density at radius 3 is 2.16 bits per heavy atom. The van der Waals surface area contributed by atoms with Gasteiger partial charge in [-0.15, -0.1) is 0 Å². The Hall–Kier alpha value is -1.06. The van der Waals surface area contributed by atoms with Crippen molar-refractivity contribution in [2.24, 2.45) is 22.7 Å². The van der Waals surface area contributed by atoms with E-state index in [0.717, 1.165) is 51.4 Å². The molecule has 0 spiro atoms. The fourth-order valence-electron chi connectivity index (χ4n) is 5.13. The lowest BCUT2D eigenvalue weighted by molar-refractivity contribution is -0.177. The Kier molecular flexibility index (Phi) is 6.93. The number of hydrogen-bond acceptors (Lipinski definition) is 4. The van der Waals surface area contributed by atoms with Gasteiger partial charge in [0, 0.05) is 0 Å². The van der Waals surface area contributed by atoms with Gasteiger partial charge in [0.15, 0.2) is 0 Å². The van der Waals surface area contributed by atoms with E-state index in [9.17, 15) is 9.59 Å². The molecule has 0 aromatic rings. The smallest absolute Gasteiger partial charge is 0.312 e. The van der Waals surface area contributed by atoms with Crippen LogP contribution in [0.4, 0.5) is 0 Å². The summed E-state index contributed by atoms with van der Waals surface area (Å²) < 4.78 is 11.2. The third-order valence-corrected chi connectivity index (χ3v) is 6.01. The molecule has 0 saturated heterocycles. The summed E-state index contributed by atoms with van der Waals surface area (Å²) in [5.41, 5.74) is -1.05. The summed E-state index contributed by atoms with van der Waals surface area (Å²) in [6.07, 6.45) is 8.06. The van der Waals surface area contributed by atoms with Crippen molar-refractivity contribution in [3.8, 4) is 0 Å². The third-order valence-electron chi connectivity index (χ3n) is 6.01. The monoisotopic (exact) mass is 352 g/mol. The second kappa shape index (κ2) is 8.55. The summed E-state index contributed by atoms with van der Waals surface area (Å²) in [6, 6.07) is 0. The van der Waals surface area contributed by atoms with Crippen LogP contribution in [0.15, 0.2) is 0 Å². The third kappa shape index (κ3) is 4.77. The normalized spacial score (nSPS) is 34.4. The second-order valence-corrected chi connectivity index (χ2v) is 8.82. The van der Waals surface area contributed by atoms with Crippen LogP contribution in [0.3, 0.4) is 0 Å². The van der Waals surface area contributed by atoms with Gasteiger partial charge in [0.2, 0.25) is 0 Å². The Labute approximate surface area is 153 Å². The zero-order valence-corrected chi connectivity index (χ0v) is 16.6. The lowest BCUT2D eigenvalue weighted by Gasteiger charge is -2.51. The maximum Gasteiger partial charge on any atom is 0.312 e. The number of esters is 2. The number of unbranched alkanes of at least 4 members (excludes halogenated alkanes) is 2. The first-order valence-corrected chi connectivity index (χ1v) is 10.2. The van der Waals surface area contributed by atoms with Gasteiger partial charge in [-0.1, -0.05) is 33.6 Å². The first-order valence-electron chi connectivity index (χ1n) is 10.2. The van der Waals surface area contributed by atoms with Gasteiger partial charge in [0.1, 0.15) is 0 Å². The summed E-state index contributed by atoms with van der Waals surface area (Å²) in [5, 5.41) is 0. The number of carbonyl (C=O) groups excluding carboxylic acids is 2. The maximum atomic E-state index is 12.9. The average Bonchev–Trinajstić information content (AvgIpc) is 2.53. The molecule has 0 radical (unpaired) electrons. The number of ether oxygens (including phenoxy) is 2. The van der Waals surface area contributed by atoms with Gasteiger partial charge in [0.05, 0.1) is 24.0 Å². The van der Waals surface area contributed by atoms with E-state index in [1.165, 1.54) is 0 Å². The van der Waals surface area contributed by atoms with Crippen LogP contribution >= 0.6 is 0 Å². The SMILES string of the molecule is CCCCOC(=O)C1(C)CC2CC(C)CC(C(=O)OCCCC)(C2)C1. The van der Waals surface area contributed by atoms with E-state index >= 15 is 0 Å². The van der Waals surface area contributed by atoms with Crippen LogP contribution in [0.2, 0.25) is 0 Å². The molecule has 0 aromatic heterocycles. The van der Waals surface area contributed by atoms with Crippen molar-refractivity contribution in [2.75, 3.05) is 13.2 Å². The highest BCUT2D eigenvalue weighted by Gasteiger charge is 2.57. The molecule has 0 N–H and O–H groups in total. The topological polar surface area (TPSA) is 52.6 Å². The molecule has 0 amide bonds. The summed E-state index contributed by atoms with van der Waals surface area (Å²) in [7, 11) is 0. The molecule has 0 aromatic carbocycles. The first-order chi connectivity index (χ1) is 11.8. The Bertz CT molecular complexity index is 469. The molecule has 2 aliphatic rings. The zero-order valence-electron chi connectivity index (χ0n) is 16.6. The van der Waals surface area contributed by atoms with E-state index in [1.54, 1.807) is 0 Å². The van der Waals surface area contributed by atoms with Crippen molar-refractivity contribution < 1.29 is 19.1 Å². The molecule has 2 saturated carbocycles. The summed E-state index contributed by atoms with van der Waals surface area (Å²) in [4.78, 5) is 25.7. The summed E-state index contributed by atoms with van der Waals surface area (Å²) in [5.74, 6) is 0.730. The fraction of sp³-hybridized carbons (Fsp3) is 0.905. The largest absolute Gasteiger partial charge is 0.465 e. The minimum absolute atomic E-state index is 0.0789. The first kappa shape index (κ1) is 20.3. The average molecular weight is 353 g/mol. The van der Waals surface area contributed by atoms with Crippen LogP contribution in [0.1, 0.15) is 85.5 Å². The number of rotatable bonds is 8. The molecule has 4 heteroatoms. The fourth-order valence-corrected chi connectivity index (χ4v) is 5.13. The highest BCUT2D eigenvalue weighted by atomic mass is 16.5. The van der Waals surface area contributed by atoms with Crippen LogP contribution in [0.5, 0.6) is 0 Å². The van der Waals surface area contributed by atoms with Crippen molar-refractivity contribution in [2.45, 2.75) is 85.5 Å². The van der Waals surface area contributed by atoms with Crippen molar-refractivity contribution in [3.05, 3.63) is 0 Å². The van der Waals surface area contributed by atoms with Crippen LogP contribution in [-0.4, -0.2) is 25.2 Å². The van der Waals surface area contributed by atoms with E-state index in [2.05, 4.69) is 20.8 Å². The summed E-state index contributed by atoms with van der Waals surface area (Å²) >= 11 is 0. The Balaban J connectivity index is 2.13. The number of carbonyl (C=O) groups is 2. The molecular formula is C21H36O4. The standard InChI is InChI=1S/C21H36O4/c1-5-7-9-24-18(22)20(4)13-17-11-16(3)12-21(14-17,15-20)19(23)25-10-8-6-2/h16-17H,5-15H2,1-4H3. The zero-order chi connectivity index (χ0) is 18.5. The molecule has 0 aliphatic heterocycles. The molecule has 2 aliphatic carbocycles. The van der Waals surface area contributed by atoms with E-state index in [4.69, 9.17) is 9.47 Å². The molecule has 0 heterocycles. The summed E-state index contributed by atoms with van der Waals surface area (Å²) in [6.45, 7) is 9.38. The van der Waals surface area contributed by atoms with E-state index < -0.39 is 10.8 Å². The van der Waals surface area contributed by atoms with Gasteiger partial charge in [-0.25, -0.2) is 0 Å². The van der Waals surface area contributed by atoms with Gasteiger partial charge in [-0.2, -0.15) is 0 Å². The molecule has 25 heavy (non-hydrogen) atoms. The van der Waals surface area contributed by atoms with Gasteiger partial charge in [-0.3, -0.25) is 9.59 Å². The Morgan fingerprint density at radius 2 is 1.56 bits per heavy atom. The van der Waals surface area contributed by atoms with Gasteiger partial charge >= 0.3 is 11.9 Å². The molecule has 4 nitrogen and oxygen atoms in total. The minimum atomic E-state index is -0.555. The predicted octanol–water partition coefficient (Wildman–Crippen LogP) is 4.90. The quantitative estimate of drug-likeness (QED) is 0.461. The van der Waals surface area contributed by atoms with Crippen LogP contribution in [0.25, 0.3) is 0 Å². The van der Waals surface area contributed by atoms with Crippen LogP contribution in [-0.2, 0) is 19.1 Å². The van der Waals surface area contributed by atoms with Gasteiger partial charge in [-0.05, 0) is 63.7 Å². The van der Waals surface area contributed by atoms with Gasteiger partial charge < -0.3 is 9.47 Å². The molecule has 144 valence electrons. The molecular weight excluding hydrogens is 316 g/mol. The lowest BCUT2D eigenvalue weighted by Crippen LogP contribution is -2.51. The maximum absolute atomic E-state index is 12.9. The van der Waals surface area contributed by atoms with Crippen molar-refractivity contribution in [1.82, 2.24) is 0 Å². The lowest BCUT2D eigenvalue weighted by atomic mass is 9.52. The van der Waals surface area contributed by atoms with E-state index in [-0.39, 0.29) is 11.9 Å². The molecule has 2 rings (SSSR count). The molecule has 4 unspecified atom stereocenters. The van der Waals surface area contributed by atoms with E-state index in [0.29, 0.717) is 31.5 Å². The number of fused-ring (bicyclic) bond motifs is 2. The Morgan fingerprint density at radius 1 is 0.960 bits per heavy atom. The highest BCUT2D eigenvalue weighted by molar-refractivity contribution is 5.81. The van der Waals surface area contributed by atoms with E-state index in [1.807, 2.05) is 6.92 Å². The molecule has 2 fully saturated rings. The highest BCUT2D eigenvalue weighted by Crippen LogP contribution is 2.58. The van der Waals surface area contributed by atoms with Crippen molar-refractivity contribution in [1.29, 1.82) is 0 Å². The minimum Gasteiger partial charge on any atom is -0.465 e. The molecule has 2 bridgehead atoms.